The van der Waals surface area contributed by atoms with Gasteiger partial charge < -0.3 is 25.3 Å². The fourth-order valence-corrected chi connectivity index (χ4v) is 3.84. The lowest BCUT2D eigenvalue weighted by Crippen LogP contribution is -2.41. The summed E-state index contributed by atoms with van der Waals surface area (Å²) >= 11 is 0. The van der Waals surface area contributed by atoms with Crippen LogP contribution in [0.15, 0.2) is 60.8 Å². The fourth-order valence-electron chi connectivity index (χ4n) is 3.84. The summed E-state index contributed by atoms with van der Waals surface area (Å²) in [5.41, 5.74) is 7.08. The first-order valence-electron chi connectivity index (χ1n) is 12.5. The molecule has 3 rings (SSSR count). The fraction of sp³-hybridized carbons (Fsp3) is 0.310. The Morgan fingerprint density at radius 2 is 1.43 bits per heavy atom. The molecular weight excluding hydrogens is 524 g/mol. The van der Waals surface area contributed by atoms with Gasteiger partial charge in [0, 0.05) is 12.1 Å². The van der Waals surface area contributed by atoms with E-state index in [4.69, 9.17) is 19.9 Å². The maximum atomic E-state index is 13.6. The Morgan fingerprint density at radius 1 is 0.875 bits per heavy atom. The van der Waals surface area contributed by atoms with Crippen molar-refractivity contribution in [3.63, 3.8) is 0 Å². The van der Waals surface area contributed by atoms with Crippen LogP contribution in [0.4, 0.5) is 14.5 Å². The first-order valence-corrected chi connectivity index (χ1v) is 12.5. The van der Waals surface area contributed by atoms with Crippen LogP contribution in [0.2, 0.25) is 0 Å². The number of hydrogen-bond acceptors (Lipinski definition) is 8. The molecule has 0 radical (unpaired) electrons. The summed E-state index contributed by atoms with van der Waals surface area (Å²) in [6.45, 7) is 5.89. The first-order chi connectivity index (χ1) is 19.0. The van der Waals surface area contributed by atoms with E-state index in [0.717, 1.165) is 0 Å². The minimum Gasteiger partial charge on any atom is -0.460 e. The van der Waals surface area contributed by atoms with Crippen molar-refractivity contribution in [3.8, 4) is 5.75 Å². The van der Waals surface area contributed by atoms with Crippen molar-refractivity contribution in [1.29, 1.82) is 0 Å². The highest BCUT2D eigenvalue weighted by Gasteiger charge is 2.29. The zero-order valence-corrected chi connectivity index (χ0v) is 22.5. The number of ether oxygens (including phenoxy) is 3. The average molecular weight is 556 g/mol. The molecule has 212 valence electrons. The normalized spacial score (nSPS) is 12.5. The number of nitrogen functional groups attached to an aromatic ring is 1. The summed E-state index contributed by atoms with van der Waals surface area (Å²) in [5, 5.41) is 2.50. The summed E-state index contributed by atoms with van der Waals surface area (Å²) in [6.07, 6.45) is 0.515. The van der Waals surface area contributed by atoms with Gasteiger partial charge in [0.25, 0.3) is 5.91 Å². The molecule has 0 aliphatic heterocycles. The molecule has 0 saturated carbocycles. The van der Waals surface area contributed by atoms with Crippen LogP contribution in [0.1, 0.15) is 55.2 Å². The van der Waals surface area contributed by atoms with E-state index < -0.39 is 54.3 Å². The molecule has 1 heterocycles. The Labute approximate surface area is 230 Å². The number of pyridine rings is 1. The number of halogens is 2. The van der Waals surface area contributed by atoms with Crippen LogP contribution in [0.25, 0.3) is 0 Å². The molecule has 1 amide bonds. The van der Waals surface area contributed by atoms with Crippen molar-refractivity contribution in [1.82, 2.24) is 10.3 Å². The molecule has 3 N–H and O–H groups in total. The topological polar surface area (TPSA) is 130 Å². The Morgan fingerprint density at radius 3 is 1.95 bits per heavy atom. The second-order valence-corrected chi connectivity index (χ2v) is 9.38. The van der Waals surface area contributed by atoms with Crippen molar-refractivity contribution >= 4 is 23.5 Å². The van der Waals surface area contributed by atoms with Gasteiger partial charge in [-0.05, 0) is 55.3 Å². The number of benzene rings is 2. The number of rotatable bonds is 11. The number of aromatic nitrogens is 1. The highest BCUT2D eigenvalue weighted by Crippen LogP contribution is 2.31. The molecule has 0 fully saturated rings. The van der Waals surface area contributed by atoms with E-state index in [0.29, 0.717) is 11.1 Å². The second kappa shape index (κ2) is 13.5. The van der Waals surface area contributed by atoms with Crippen LogP contribution in [0, 0.1) is 17.6 Å². The first kappa shape index (κ1) is 30.0. The minimum atomic E-state index is -1.12. The Hall–Kier alpha value is -4.54. The van der Waals surface area contributed by atoms with Crippen molar-refractivity contribution < 1.29 is 37.4 Å². The summed E-state index contributed by atoms with van der Waals surface area (Å²) < 4.78 is 43.2. The zero-order valence-electron chi connectivity index (χ0n) is 22.5. The smallest absolute Gasteiger partial charge is 0.328 e. The molecule has 1 unspecified atom stereocenters. The van der Waals surface area contributed by atoms with Crippen molar-refractivity contribution in [3.05, 3.63) is 89.2 Å². The van der Waals surface area contributed by atoms with Gasteiger partial charge in [-0.3, -0.25) is 9.59 Å². The number of hydrogen-bond donors (Lipinski definition) is 2. The predicted octanol–water partition coefficient (Wildman–Crippen LogP) is 4.36. The number of amides is 1. The van der Waals surface area contributed by atoms with E-state index >= 15 is 0 Å². The molecule has 0 aliphatic carbocycles. The van der Waals surface area contributed by atoms with Crippen LogP contribution in [-0.4, -0.2) is 41.8 Å². The number of nitrogens with two attached hydrogens (primary N) is 1. The third kappa shape index (κ3) is 7.75. The molecule has 9 nitrogen and oxygen atoms in total. The molecule has 2 aromatic carbocycles. The Balaban J connectivity index is 1.72. The molecule has 0 aliphatic rings. The molecule has 0 spiro atoms. The van der Waals surface area contributed by atoms with E-state index in [9.17, 15) is 23.2 Å². The standard InChI is InChI=1S/C29H31F2N3O6/c1-16(2)28(36)39-15-38-26-23(32)13-14-33-25(26)27(35)34-17(3)29(37)40-18(4)24(19-5-9-21(30)10-6-19)20-7-11-22(31)12-8-20/h5-14,16-18,24H,15H2,1-4H3,(H2,32,33)(H,34,35)/t17-,18?/m0/s1. The summed E-state index contributed by atoms with van der Waals surface area (Å²) in [5.74, 6) is -3.93. The van der Waals surface area contributed by atoms with Gasteiger partial charge in [-0.25, -0.2) is 18.6 Å². The van der Waals surface area contributed by atoms with Gasteiger partial charge in [0.15, 0.2) is 11.4 Å². The van der Waals surface area contributed by atoms with Crippen LogP contribution in [0.5, 0.6) is 5.75 Å². The van der Waals surface area contributed by atoms with Gasteiger partial charge >= 0.3 is 11.9 Å². The van der Waals surface area contributed by atoms with Gasteiger partial charge in [0.05, 0.1) is 11.6 Å². The number of anilines is 1. The van der Waals surface area contributed by atoms with Crippen LogP contribution in [-0.2, 0) is 19.1 Å². The maximum absolute atomic E-state index is 13.6. The molecule has 0 saturated heterocycles. The monoisotopic (exact) mass is 555 g/mol. The highest BCUT2D eigenvalue weighted by atomic mass is 19.1. The number of carbonyl (C=O) groups is 3. The van der Waals surface area contributed by atoms with E-state index in [1.807, 2.05) is 0 Å². The Kier molecular flexibility index (Phi) is 10.1. The van der Waals surface area contributed by atoms with Gasteiger partial charge in [-0.2, -0.15) is 0 Å². The van der Waals surface area contributed by atoms with E-state index in [2.05, 4.69) is 10.3 Å². The van der Waals surface area contributed by atoms with Gasteiger partial charge in [0.1, 0.15) is 23.8 Å². The van der Waals surface area contributed by atoms with E-state index in [-0.39, 0.29) is 23.0 Å². The molecule has 11 heteroatoms. The van der Waals surface area contributed by atoms with E-state index in [1.54, 1.807) is 45.0 Å². The lowest BCUT2D eigenvalue weighted by atomic mass is 9.87. The Bertz CT molecular complexity index is 1290. The number of esters is 2. The predicted molar refractivity (Wildman–Crippen MR) is 142 cm³/mol. The lowest BCUT2D eigenvalue weighted by Gasteiger charge is -2.26. The molecule has 3 aromatic rings. The molecule has 1 aromatic heterocycles. The van der Waals surface area contributed by atoms with Crippen LogP contribution in [0.3, 0.4) is 0 Å². The molecule has 0 bridgehead atoms. The summed E-state index contributed by atoms with van der Waals surface area (Å²) in [6, 6.07) is 11.7. The third-order valence-corrected chi connectivity index (χ3v) is 5.96. The maximum Gasteiger partial charge on any atom is 0.328 e. The molecular formula is C29H31F2N3O6. The lowest BCUT2D eigenvalue weighted by molar-refractivity contribution is -0.154. The van der Waals surface area contributed by atoms with E-state index in [1.165, 1.54) is 43.5 Å². The van der Waals surface area contributed by atoms with Crippen LogP contribution < -0.4 is 15.8 Å². The molecule has 40 heavy (non-hydrogen) atoms. The van der Waals surface area contributed by atoms with Gasteiger partial charge in [-0.1, -0.05) is 38.1 Å². The quantitative estimate of drug-likeness (QED) is 0.264. The number of nitrogens with one attached hydrogen (secondary N) is 1. The summed E-state index contributed by atoms with van der Waals surface area (Å²) in [7, 11) is 0. The second-order valence-electron chi connectivity index (χ2n) is 9.38. The van der Waals surface area contributed by atoms with Crippen molar-refractivity contribution in [2.24, 2.45) is 5.92 Å². The zero-order chi connectivity index (χ0) is 29.4. The highest BCUT2D eigenvalue weighted by molar-refractivity contribution is 5.98. The molecule has 2 atom stereocenters. The average Bonchev–Trinajstić information content (AvgIpc) is 2.91. The number of carbonyl (C=O) groups excluding carboxylic acids is 3. The largest absolute Gasteiger partial charge is 0.460 e. The van der Waals surface area contributed by atoms with Gasteiger partial charge in [-0.15, -0.1) is 0 Å². The van der Waals surface area contributed by atoms with Crippen LogP contribution >= 0.6 is 0 Å². The third-order valence-electron chi connectivity index (χ3n) is 5.96. The van der Waals surface area contributed by atoms with Crippen molar-refractivity contribution in [2.45, 2.75) is 45.8 Å². The SMILES string of the molecule is CC(C)C(=O)OCOc1c(N)ccnc1C(=O)N[C@@H](C)C(=O)OC(C)C(c1ccc(F)cc1)c1ccc(F)cc1. The van der Waals surface area contributed by atoms with Crippen molar-refractivity contribution in [2.75, 3.05) is 12.5 Å². The summed E-state index contributed by atoms with van der Waals surface area (Å²) in [4.78, 5) is 41.6. The number of nitrogens with zero attached hydrogens (tertiary/aromatic N) is 1. The minimum absolute atomic E-state index is 0.0750. The van der Waals surface area contributed by atoms with Gasteiger partial charge in [0.2, 0.25) is 6.79 Å².